The van der Waals surface area contributed by atoms with E-state index in [1.165, 1.54) is 18.3 Å². The van der Waals surface area contributed by atoms with E-state index in [9.17, 15) is 8.42 Å². The zero-order valence-corrected chi connectivity index (χ0v) is 10.7. The molecule has 0 radical (unpaired) electrons. The summed E-state index contributed by atoms with van der Waals surface area (Å²) in [5.41, 5.74) is 0.414. The molecule has 0 aliphatic heterocycles. The van der Waals surface area contributed by atoms with E-state index in [1.807, 2.05) is 0 Å². The van der Waals surface area contributed by atoms with Gasteiger partial charge in [0, 0.05) is 17.9 Å². The van der Waals surface area contributed by atoms with Crippen LogP contribution in [0.2, 0.25) is 0 Å². The third-order valence-electron chi connectivity index (χ3n) is 2.05. The van der Waals surface area contributed by atoms with Crippen LogP contribution in [0.5, 0.6) is 0 Å². The van der Waals surface area contributed by atoms with Crippen molar-refractivity contribution in [2.45, 2.75) is 4.90 Å². The Hall–Kier alpha value is -1.74. The Morgan fingerprint density at radius 2 is 1.68 bits per heavy atom. The Bertz CT molecular complexity index is 591. The van der Waals surface area contributed by atoms with Gasteiger partial charge in [-0.2, -0.15) is 0 Å². The lowest BCUT2D eigenvalue weighted by molar-refractivity contribution is 0.425. The van der Waals surface area contributed by atoms with Gasteiger partial charge in [-0.1, -0.05) is 24.3 Å². The summed E-state index contributed by atoms with van der Waals surface area (Å²) in [6.45, 7) is 0. The number of primary sulfonamides is 1. The Morgan fingerprint density at radius 3 is 2.00 bits per heavy atom. The van der Waals surface area contributed by atoms with Gasteiger partial charge in [-0.05, 0) is 18.2 Å². The maximum absolute atomic E-state index is 10.6. The lowest BCUT2D eigenvalue weighted by Crippen LogP contribution is -2.29. The summed E-state index contributed by atoms with van der Waals surface area (Å²) in [6.07, 6.45) is 2.98. The minimum absolute atomic E-state index is 0.148. The fourth-order valence-electron chi connectivity index (χ4n) is 1.14. The minimum Gasteiger partial charge on any atom is -0.423 e. The maximum atomic E-state index is 10.6. The lowest BCUT2D eigenvalue weighted by Gasteiger charge is -1.93. The molecule has 2 aromatic rings. The van der Waals surface area contributed by atoms with E-state index in [2.05, 4.69) is 4.98 Å². The third kappa shape index (κ3) is 5.62. The van der Waals surface area contributed by atoms with Crippen LogP contribution < -0.4 is 10.6 Å². The highest BCUT2D eigenvalue weighted by molar-refractivity contribution is 7.89. The molecule has 100 valence electrons. The average Bonchev–Trinajstić information content (AvgIpc) is 2.40. The minimum atomic E-state index is -3.50. The molecule has 0 atom stereocenters. The van der Waals surface area contributed by atoms with Gasteiger partial charge in [0.1, 0.15) is 0 Å². The topological polar surface area (TPSA) is 114 Å². The predicted octanol–water partition coefficient (Wildman–Crippen LogP) is -0.905. The Labute approximate surface area is 111 Å². The molecule has 1 heterocycles. The second-order valence-corrected chi connectivity index (χ2v) is 5.08. The number of aromatic nitrogens is 1. The van der Waals surface area contributed by atoms with Gasteiger partial charge in [-0.25, -0.2) is 13.6 Å². The zero-order chi connectivity index (χ0) is 14.3. The molecule has 4 N–H and O–H groups in total. The van der Waals surface area contributed by atoms with Crippen molar-refractivity contribution in [1.29, 1.82) is 0 Å². The van der Waals surface area contributed by atoms with Gasteiger partial charge in [-0.15, -0.1) is 0 Å². The molecule has 8 heteroatoms. The van der Waals surface area contributed by atoms with Crippen LogP contribution in [0.4, 0.5) is 0 Å². The van der Waals surface area contributed by atoms with Crippen molar-refractivity contribution in [3.8, 4) is 0 Å². The number of rotatable bonds is 2. The van der Waals surface area contributed by atoms with Crippen molar-refractivity contribution < 1.29 is 18.5 Å². The molecule has 0 amide bonds. The van der Waals surface area contributed by atoms with Crippen molar-refractivity contribution in [3.63, 3.8) is 0 Å². The van der Waals surface area contributed by atoms with Crippen molar-refractivity contribution in [2.24, 2.45) is 5.14 Å². The van der Waals surface area contributed by atoms with E-state index in [0.717, 1.165) is 0 Å². The molecule has 0 saturated carbocycles. The molecular formula is C11H13BN2O4S. The quantitative estimate of drug-likeness (QED) is 0.617. The molecule has 6 nitrogen and oxygen atoms in total. The first-order valence-corrected chi connectivity index (χ1v) is 6.80. The van der Waals surface area contributed by atoms with E-state index < -0.39 is 17.1 Å². The highest BCUT2D eigenvalue weighted by atomic mass is 32.2. The van der Waals surface area contributed by atoms with Gasteiger partial charge in [-0.3, -0.25) is 4.98 Å². The summed E-state index contributed by atoms with van der Waals surface area (Å²) >= 11 is 0. The second-order valence-electron chi connectivity index (χ2n) is 3.52. The molecule has 0 aliphatic rings. The highest BCUT2D eigenvalue weighted by Crippen LogP contribution is 2.02. The fraction of sp³-hybridized carbons (Fsp3) is 0. The molecule has 0 spiro atoms. The highest BCUT2D eigenvalue weighted by Gasteiger charge is 2.08. The second kappa shape index (κ2) is 7.00. The summed E-state index contributed by atoms with van der Waals surface area (Å²) in [6, 6.07) is 11.1. The molecule has 19 heavy (non-hydrogen) atoms. The van der Waals surface area contributed by atoms with Crippen molar-refractivity contribution in [1.82, 2.24) is 4.98 Å². The van der Waals surface area contributed by atoms with Crippen LogP contribution >= 0.6 is 0 Å². The van der Waals surface area contributed by atoms with Gasteiger partial charge < -0.3 is 10.0 Å². The molecular weight excluding hydrogens is 267 g/mol. The smallest absolute Gasteiger partial charge is 0.423 e. The SMILES string of the molecule is NS(=O)(=O)c1ccccc1.OB(O)c1cccnc1. The Kier molecular flexibility index (Phi) is 5.65. The van der Waals surface area contributed by atoms with Crippen LogP contribution in [0.3, 0.4) is 0 Å². The van der Waals surface area contributed by atoms with Gasteiger partial charge in [0.15, 0.2) is 0 Å². The molecule has 0 unspecified atom stereocenters. The number of hydrogen-bond donors (Lipinski definition) is 3. The van der Waals surface area contributed by atoms with E-state index in [4.69, 9.17) is 15.2 Å². The van der Waals surface area contributed by atoms with Crippen molar-refractivity contribution >= 4 is 22.6 Å². The molecule has 0 fully saturated rings. The van der Waals surface area contributed by atoms with Crippen LogP contribution in [-0.2, 0) is 10.0 Å². The standard InChI is InChI=1S/C6H7NO2S.C5H6BNO2/c7-10(8,9)6-4-2-1-3-5-6;8-6(9)5-2-1-3-7-4-5/h1-5H,(H2,7,8,9);1-4,8-9H. The summed E-state index contributed by atoms with van der Waals surface area (Å²) in [7, 11) is -4.91. The van der Waals surface area contributed by atoms with Gasteiger partial charge >= 0.3 is 7.12 Å². The normalized spacial score (nSPS) is 10.3. The van der Waals surface area contributed by atoms with Crippen LogP contribution in [0, 0.1) is 0 Å². The van der Waals surface area contributed by atoms with Crippen LogP contribution in [0.25, 0.3) is 0 Å². The summed E-state index contributed by atoms with van der Waals surface area (Å²) < 4.78 is 21.2. The molecule has 1 aromatic heterocycles. The lowest BCUT2D eigenvalue weighted by atomic mass is 9.82. The number of nitrogens with two attached hydrogens (primary N) is 1. The van der Waals surface area contributed by atoms with E-state index in [0.29, 0.717) is 5.46 Å². The number of pyridine rings is 1. The molecule has 0 saturated heterocycles. The van der Waals surface area contributed by atoms with Crippen molar-refractivity contribution in [2.75, 3.05) is 0 Å². The van der Waals surface area contributed by atoms with Crippen LogP contribution in [0.1, 0.15) is 0 Å². The number of nitrogens with zero attached hydrogens (tertiary/aromatic N) is 1. The first-order valence-electron chi connectivity index (χ1n) is 5.25. The van der Waals surface area contributed by atoms with Gasteiger partial charge in [0.25, 0.3) is 0 Å². The largest absolute Gasteiger partial charge is 0.490 e. The zero-order valence-electron chi connectivity index (χ0n) is 9.92. The average molecular weight is 280 g/mol. The first kappa shape index (κ1) is 15.3. The summed E-state index contributed by atoms with van der Waals surface area (Å²) in [5.74, 6) is 0. The molecule has 1 aromatic carbocycles. The molecule has 0 bridgehead atoms. The van der Waals surface area contributed by atoms with Crippen LogP contribution in [0.15, 0.2) is 59.8 Å². The number of sulfonamides is 1. The monoisotopic (exact) mass is 280 g/mol. The summed E-state index contributed by atoms with van der Waals surface area (Å²) in [4.78, 5) is 3.83. The van der Waals surface area contributed by atoms with Gasteiger partial charge in [0.2, 0.25) is 10.0 Å². The van der Waals surface area contributed by atoms with E-state index >= 15 is 0 Å². The fourth-order valence-corrected chi connectivity index (χ4v) is 1.68. The van der Waals surface area contributed by atoms with Crippen molar-refractivity contribution in [3.05, 3.63) is 54.9 Å². The Balaban J connectivity index is 0.000000191. The van der Waals surface area contributed by atoms with E-state index in [1.54, 1.807) is 36.5 Å². The number of benzene rings is 1. The molecule has 2 rings (SSSR count). The molecule has 0 aliphatic carbocycles. The summed E-state index contributed by atoms with van der Waals surface area (Å²) in [5, 5.41) is 21.9. The maximum Gasteiger partial charge on any atom is 0.490 e. The Morgan fingerprint density at radius 1 is 1.05 bits per heavy atom. The van der Waals surface area contributed by atoms with E-state index in [-0.39, 0.29) is 4.90 Å². The predicted molar refractivity (Wildman–Crippen MR) is 71.9 cm³/mol. The van der Waals surface area contributed by atoms with Gasteiger partial charge in [0.05, 0.1) is 4.90 Å². The number of hydrogen-bond acceptors (Lipinski definition) is 5. The first-order chi connectivity index (χ1) is 8.91. The third-order valence-corrected chi connectivity index (χ3v) is 2.98. The van der Waals surface area contributed by atoms with Crippen LogP contribution in [-0.4, -0.2) is 30.6 Å².